The van der Waals surface area contributed by atoms with Crippen LogP contribution < -0.4 is 14.4 Å². The molecule has 2 aromatic carbocycles. The number of nitrogens with zero attached hydrogens (tertiary/aromatic N) is 2. The van der Waals surface area contributed by atoms with E-state index in [1.807, 2.05) is 0 Å². The molecule has 156 valence electrons. The molecule has 7 heteroatoms. The summed E-state index contributed by atoms with van der Waals surface area (Å²) in [4.78, 5) is 31.7. The van der Waals surface area contributed by atoms with Gasteiger partial charge in [-0.15, -0.1) is 0 Å². The molecule has 0 spiro atoms. The van der Waals surface area contributed by atoms with Crippen molar-refractivity contribution in [2.24, 2.45) is 0 Å². The van der Waals surface area contributed by atoms with Gasteiger partial charge in [-0.25, -0.2) is 0 Å². The van der Waals surface area contributed by atoms with E-state index >= 15 is 0 Å². The highest BCUT2D eigenvalue weighted by atomic mass is 16.5. The second-order valence-corrected chi connectivity index (χ2v) is 6.85. The van der Waals surface area contributed by atoms with Crippen LogP contribution in [-0.2, 0) is 9.59 Å². The van der Waals surface area contributed by atoms with Crippen molar-refractivity contribution in [1.29, 1.82) is 0 Å². The van der Waals surface area contributed by atoms with Crippen molar-refractivity contribution in [3.63, 3.8) is 0 Å². The maximum Gasteiger partial charge on any atom is 0.300 e. The number of methoxy groups -OCH3 is 2. The summed E-state index contributed by atoms with van der Waals surface area (Å²) in [5.74, 6) is -0.853. The molecule has 3 aromatic rings. The summed E-state index contributed by atoms with van der Waals surface area (Å²) in [5.41, 5.74) is 1.32. The first-order valence-electron chi connectivity index (χ1n) is 9.55. The maximum atomic E-state index is 13.1. The molecule has 4 rings (SSSR count). The first kappa shape index (κ1) is 20.2. The molecule has 0 radical (unpaired) electrons. The maximum absolute atomic E-state index is 13.1. The number of carbonyl (C=O) groups is 2. The molecular weight excluding hydrogens is 396 g/mol. The van der Waals surface area contributed by atoms with Crippen molar-refractivity contribution in [2.45, 2.75) is 6.04 Å². The molecule has 1 aliphatic heterocycles. The van der Waals surface area contributed by atoms with Gasteiger partial charge in [0.25, 0.3) is 11.7 Å². The Hall–Kier alpha value is -4.13. The zero-order valence-electron chi connectivity index (χ0n) is 17.0. The van der Waals surface area contributed by atoms with Crippen LogP contribution in [0.1, 0.15) is 17.2 Å². The number of aliphatic hydroxyl groups is 1. The third-order valence-corrected chi connectivity index (χ3v) is 5.15. The van der Waals surface area contributed by atoms with Crippen LogP contribution in [0.2, 0.25) is 0 Å². The highest BCUT2D eigenvalue weighted by molar-refractivity contribution is 6.51. The van der Waals surface area contributed by atoms with E-state index in [4.69, 9.17) is 9.47 Å². The summed E-state index contributed by atoms with van der Waals surface area (Å²) in [5, 5.41) is 11.1. The largest absolute Gasteiger partial charge is 0.507 e. The lowest BCUT2D eigenvalue weighted by molar-refractivity contribution is -0.132. The van der Waals surface area contributed by atoms with Gasteiger partial charge in [-0.05, 0) is 30.3 Å². The molecule has 1 N–H and O–H groups in total. The number of benzene rings is 2. The quantitative estimate of drug-likeness (QED) is 0.387. The van der Waals surface area contributed by atoms with E-state index in [-0.39, 0.29) is 11.3 Å². The van der Waals surface area contributed by atoms with Gasteiger partial charge in [0.15, 0.2) is 0 Å². The van der Waals surface area contributed by atoms with E-state index in [0.717, 1.165) is 0 Å². The van der Waals surface area contributed by atoms with Gasteiger partial charge in [0.2, 0.25) is 0 Å². The van der Waals surface area contributed by atoms with Gasteiger partial charge in [0.05, 0.1) is 37.7 Å². The number of Topliss-reactive ketones (excluding diaryl/α,β-unsaturated/α-hetero) is 1. The summed E-state index contributed by atoms with van der Waals surface area (Å²) in [6.45, 7) is 0. The highest BCUT2D eigenvalue weighted by Crippen LogP contribution is 2.45. The van der Waals surface area contributed by atoms with E-state index in [2.05, 4.69) is 4.98 Å². The van der Waals surface area contributed by atoms with E-state index < -0.39 is 17.7 Å². The number of aliphatic hydroxyl groups excluding tert-OH is 1. The molecule has 1 aromatic heterocycles. The van der Waals surface area contributed by atoms with Gasteiger partial charge in [-0.3, -0.25) is 19.5 Å². The molecule has 1 amide bonds. The predicted molar refractivity (Wildman–Crippen MR) is 115 cm³/mol. The van der Waals surface area contributed by atoms with Crippen LogP contribution in [0.25, 0.3) is 5.76 Å². The normalized spacial score (nSPS) is 17.6. The third kappa shape index (κ3) is 3.50. The summed E-state index contributed by atoms with van der Waals surface area (Å²) < 4.78 is 10.9. The third-order valence-electron chi connectivity index (χ3n) is 5.15. The van der Waals surface area contributed by atoms with Crippen LogP contribution in [0.3, 0.4) is 0 Å². The number of carbonyl (C=O) groups excluding carboxylic acids is 2. The van der Waals surface area contributed by atoms with Crippen LogP contribution in [0.4, 0.5) is 5.69 Å². The average Bonchev–Trinajstić information content (AvgIpc) is 3.09. The molecule has 0 bridgehead atoms. The molecule has 1 saturated heterocycles. The van der Waals surface area contributed by atoms with Crippen molar-refractivity contribution in [1.82, 2.24) is 4.98 Å². The minimum Gasteiger partial charge on any atom is -0.507 e. The monoisotopic (exact) mass is 416 g/mol. The number of pyridine rings is 1. The minimum atomic E-state index is -0.936. The number of aromatic nitrogens is 1. The van der Waals surface area contributed by atoms with Crippen LogP contribution >= 0.6 is 0 Å². The molecule has 1 atom stereocenters. The van der Waals surface area contributed by atoms with Crippen LogP contribution in [0, 0.1) is 0 Å². The molecule has 2 heterocycles. The number of ketones is 1. The molecule has 0 aliphatic carbocycles. The summed E-state index contributed by atoms with van der Waals surface area (Å²) in [7, 11) is 3.02. The second-order valence-electron chi connectivity index (χ2n) is 6.85. The first-order valence-corrected chi connectivity index (χ1v) is 9.55. The van der Waals surface area contributed by atoms with Crippen molar-refractivity contribution >= 4 is 23.1 Å². The van der Waals surface area contributed by atoms with Crippen molar-refractivity contribution in [2.75, 3.05) is 19.1 Å². The fraction of sp³-hybridized carbons (Fsp3) is 0.125. The number of ether oxygens (including phenoxy) is 2. The van der Waals surface area contributed by atoms with E-state index in [9.17, 15) is 14.7 Å². The average molecular weight is 416 g/mol. The smallest absolute Gasteiger partial charge is 0.300 e. The Morgan fingerprint density at radius 3 is 2.42 bits per heavy atom. The lowest BCUT2D eigenvalue weighted by atomic mass is 9.94. The summed E-state index contributed by atoms with van der Waals surface area (Å²) >= 11 is 0. The number of hydrogen-bond acceptors (Lipinski definition) is 6. The Kier molecular flexibility index (Phi) is 5.41. The Morgan fingerprint density at radius 1 is 1.00 bits per heavy atom. The van der Waals surface area contributed by atoms with Gasteiger partial charge in [0.1, 0.15) is 17.3 Å². The van der Waals surface area contributed by atoms with Gasteiger partial charge in [-0.2, -0.15) is 0 Å². The zero-order chi connectivity index (χ0) is 22.0. The standard InChI is InChI=1S/C24H20N2O5/c1-30-17-10-11-19(31-2)18(13-17)21-20(22(27)15-7-4-3-5-8-15)23(28)24(29)26(21)16-9-6-12-25-14-16/h3-14,21,27H,1-2H3/b22-20-. The molecule has 1 unspecified atom stereocenters. The fourth-order valence-electron chi connectivity index (χ4n) is 3.69. The molecule has 1 aliphatic rings. The predicted octanol–water partition coefficient (Wildman–Crippen LogP) is 3.73. The Morgan fingerprint density at radius 2 is 1.77 bits per heavy atom. The molecule has 31 heavy (non-hydrogen) atoms. The van der Waals surface area contributed by atoms with Crippen molar-refractivity contribution in [3.8, 4) is 11.5 Å². The fourth-order valence-corrected chi connectivity index (χ4v) is 3.69. The van der Waals surface area contributed by atoms with Crippen molar-refractivity contribution < 1.29 is 24.2 Å². The molecular formula is C24H20N2O5. The molecule has 7 nitrogen and oxygen atoms in total. The van der Waals surface area contributed by atoms with E-state index in [0.29, 0.717) is 28.3 Å². The van der Waals surface area contributed by atoms with E-state index in [1.165, 1.54) is 25.3 Å². The van der Waals surface area contributed by atoms with Crippen molar-refractivity contribution in [3.05, 3.63) is 89.8 Å². The summed E-state index contributed by atoms with van der Waals surface area (Å²) in [6, 6.07) is 16.2. The second kappa shape index (κ2) is 8.31. The summed E-state index contributed by atoms with van der Waals surface area (Å²) in [6.07, 6.45) is 3.07. The van der Waals surface area contributed by atoms with Crippen LogP contribution in [0.5, 0.6) is 11.5 Å². The topological polar surface area (TPSA) is 89.0 Å². The zero-order valence-corrected chi connectivity index (χ0v) is 17.0. The van der Waals surface area contributed by atoms with Gasteiger partial charge < -0.3 is 14.6 Å². The SMILES string of the molecule is COc1ccc(OC)c(C2/C(=C(/O)c3ccccc3)C(=O)C(=O)N2c2cccnc2)c1. The lowest BCUT2D eigenvalue weighted by Gasteiger charge is -2.26. The number of hydrogen-bond donors (Lipinski definition) is 1. The van der Waals surface area contributed by atoms with Gasteiger partial charge >= 0.3 is 0 Å². The lowest BCUT2D eigenvalue weighted by Crippen LogP contribution is -2.29. The Labute approximate surface area is 179 Å². The number of anilines is 1. The number of rotatable bonds is 5. The van der Waals surface area contributed by atoms with Crippen LogP contribution in [0.15, 0.2) is 78.6 Å². The van der Waals surface area contributed by atoms with E-state index in [1.54, 1.807) is 66.9 Å². The molecule has 1 fully saturated rings. The number of amides is 1. The van der Waals surface area contributed by atoms with Gasteiger partial charge in [0, 0.05) is 17.3 Å². The highest BCUT2D eigenvalue weighted by Gasteiger charge is 2.48. The Balaban J connectivity index is 2.01. The van der Waals surface area contributed by atoms with Gasteiger partial charge in [-0.1, -0.05) is 30.3 Å². The molecule has 0 saturated carbocycles. The Bertz CT molecular complexity index is 1160. The van der Waals surface area contributed by atoms with Crippen LogP contribution in [-0.4, -0.2) is 36.0 Å². The minimum absolute atomic E-state index is 0.0355. The first-order chi connectivity index (χ1) is 15.1.